The van der Waals surface area contributed by atoms with E-state index in [0.717, 1.165) is 11.3 Å². The van der Waals surface area contributed by atoms with E-state index in [2.05, 4.69) is 0 Å². The van der Waals surface area contributed by atoms with Gasteiger partial charge in [-0.05, 0) is 43.5 Å². The SMILES string of the molecule is CCOc1ccc(/C=C/C(=O)OCC(=O)N2CCC[C@@H](C(N)=O)C2)cc1. The fourth-order valence-electron chi connectivity index (χ4n) is 2.71. The molecular weight excluding hydrogens is 336 g/mol. The maximum atomic E-state index is 12.1. The van der Waals surface area contributed by atoms with E-state index >= 15 is 0 Å². The predicted molar refractivity (Wildman–Crippen MR) is 96.1 cm³/mol. The molecule has 0 aromatic heterocycles. The van der Waals surface area contributed by atoms with Gasteiger partial charge in [0.05, 0.1) is 12.5 Å². The van der Waals surface area contributed by atoms with Gasteiger partial charge in [-0.15, -0.1) is 0 Å². The van der Waals surface area contributed by atoms with Crippen LogP contribution in [-0.4, -0.2) is 49.0 Å². The summed E-state index contributed by atoms with van der Waals surface area (Å²) in [5.41, 5.74) is 6.11. The molecule has 140 valence electrons. The number of nitrogens with zero attached hydrogens (tertiary/aromatic N) is 1. The molecule has 2 rings (SSSR count). The van der Waals surface area contributed by atoms with Crippen LogP contribution in [0.1, 0.15) is 25.3 Å². The average Bonchev–Trinajstić information content (AvgIpc) is 2.66. The van der Waals surface area contributed by atoms with E-state index in [-0.39, 0.29) is 25.0 Å². The van der Waals surface area contributed by atoms with Gasteiger partial charge in [0, 0.05) is 19.2 Å². The van der Waals surface area contributed by atoms with Crippen molar-refractivity contribution in [3.05, 3.63) is 35.9 Å². The number of hydrogen-bond donors (Lipinski definition) is 1. The zero-order valence-electron chi connectivity index (χ0n) is 14.8. The Balaban J connectivity index is 1.78. The van der Waals surface area contributed by atoms with Gasteiger partial charge in [-0.1, -0.05) is 12.1 Å². The number of carbonyl (C=O) groups excluding carboxylic acids is 3. The van der Waals surface area contributed by atoms with Gasteiger partial charge < -0.3 is 20.1 Å². The minimum absolute atomic E-state index is 0.285. The number of likely N-dealkylation sites (tertiary alicyclic amines) is 1. The van der Waals surface area contributed by atoms with Gasteiger partial charge in [0.2, 0.25) is 5.91 Å². The van der Waals surface area contributed by atoms with E-state index in [1.165, 1.54) is 11.0 Å². The zero-order valence-corrected chi connectivity index (χ0v) is 14.8. The van der Waals surface area contributed by atoms with Crippen molar-refractivity contribution in [2.45, 2.75) is 19.8 Å². The van der Waals surface area contributed by atoms with E-state index < -0.39 is 11.9 Å². The van der Waals surface area contributed by atoms with Crippen molar-refractivity contribution in [3.63, 3.8) is 0 Å². The molecular formula is C19H24N2O5. The summed E-state index contributed by atoms with van der Waals surface area (Å²) in [6.07, 6.45) is 4.27. The Bertz CT molecular complexity index is 669. The summed E-state index contributed by atoms with van der Waals surface area (Å²) < 4.78 is 10.3. The summed E-state index contributed by atoms with van der Waals surface area (Å²) in [7, 11) is 0. The summed E-state index contributed by atoms with van der Waals surface area (Å²) in [6.45, 7) is 2.98. The second-order valence-corrected chi connectivity index (χ2v) is 6.02. The van der Waals surface area contributed by atoms with E-state index in [9.17, 15) is 14.4 Å². The number of piperidine rings is 1. The standard InChI is InChI=1S/C19H24N2O5/c1-2-25-16-8-5-14(6-9-16)7-10-18(23)26-13-17(22)21-11-3-4-15(12-21)19(20)24/h5-10,15H,2-4,11-13H2,1H3,(H2,20,24)/b10-7+/t15-/m1/s1. The van der Waals surface area contributed by atoms with Crippen LogP contribution >= 0.6 is 0 Å². The molecule has 7 heteroatoms. The number of rotatable bonds is 7. The highest BCUT2D eigenvalue weighted by molar-refractivity contribution is 5.89. The molecule has 1 saturated heterocycles. The Hall–Kier alpha value is -2.83. The molecule has 0 bridgehead atoms. The molecule has 2 N–H and O–H groups in total. The molecule has 0 aliphatic carbocycles. The van der Waals surface area contributed by atoms with Crippen LogP contribution in [0, 0.1) is 5.92 Å². The fourth-order valence-corrected chi connectivity index (χ4v) is 2.71. The Morgan fingerprint density at radius 2 is 2.00 bits per heavy atom. The van der Waals surface area contributed by atoms with Crippen molar-refractivity contribution in [2.24, 2.45) is 11.7 Å². The molecule has 1 aliphatic rings. The molecule has 2 amide bonds. The van der Waals surface area contributed by atoms with Crippen molar-refractivity contribution in [1.82, 2.24) is 4.90 Å². The Morgan fingerprint density at radius 3 is 2.65 bits per heavy atom. The molecule has 0 saturated carbocycles. The van der Waals surface area contributed by atoms with Gasteiger partial charge in [-0.3, -0.25) is 9.59 Å². The lowest BCUT2D eigenvalue weighted by molar-refractivity contribution is -0.149. The molecule has 7 nitrogen and oxygen atoms in total. The largest absolute Gasteiger partial charge is 0.494 e. The third kappa shape index (κ3) is 5.91. The molecule has 1 fully saturated rings. The number of amides is 2. The monoisotopic (exact) mass is 360 g/mol. The van der Waals surface area contributed by atoms with Crippen LogP contribution in [-0.2, 0) is 19.1 Å². The molecule has 1 aromatic rings. The average molecular weight is 360 g/mol. The lowest BCUT2D eigenvalue weighted by Crippen LogP contribution is -2.45. The molecule has 1 atom stereocenters. The van der Waals surface area contributed by atoms with Crippen molar-refractivity contribution >= 4 is 23.9 Å². The van der Waals surface area contributed by atoms with Gasteiger partial charge in [0.1, 0.15) is 5.75 Å². The fraction of sp³-hybridized carbons (Fsp3) is 0.421. The minimum atomic E-state index is -0.601. The van der Waals surface area contributed by atoms with Crippen molar-refractivity contribution in [1.29, 1.82) is 0 Å². The van der Waals surface area contributed by atoms with Crippen LogP contribution in [0.3, 0.4) is 0 Å². The van der Waals surface area contributed by atoms with Gasteiger partial charge in [0.25, 0.3) is 5.91 Å². The van der Waals surface area contributed by atoms with Crippen LogP contribution < -0.4 is 10.5 Å². The number of nitrogens with two attached hydrogens (primary N) is 1. The summed E-state index contributed by atoms with van der Waals surface area (Å²) in [5.74, 6) is -0.899. The molecule has 1 aromatic carbocycles. The Labute approximate surface area is 152 Å². The van der Waals surface area contributed by atoms with Crippen molar-refractivity contribution in [3.8, 4) is 5.75 Å². The number of hydrogen-bond acceptors (Lipinski definition) is 5. The van der Waals surface area contributed by atoms with Gasteiger partial charge in [-0.2, -0.15) is 0 Å². The van der Waals surface area contributed by atoms with Gasteiger partial charge >= 0.3 is 5.97 Å². The highest BCUT2D eigenvalue weighted by Crippen LogP contribution is 2.16. The highest BCUT2D eigenvalue weighted by atomic mass is 16.5. The maximum absolute atomic E-state index is 12.1. The van der Waals surface area contributed by atoms with E-state index in [4.69, 9.17) is 15.2 Å². The normalized spacial score (nSPS) is 17.1. The first-order valence-electron chi connectivity index (χ1n) is 8.64. The molecule has 0 spiro atoms. The molecule has 26 heavy (non-hydrogen) atoms. The number of ether oxygens (including phenoxy) is 2. The molecule has 0 radical (unpaired) electrons. The van der Waals surface area contributed by atoms with Crippen molar-refractivity contribution < 1.29 is 23.9 Å². The zero-order chi connectivity index (χ0) is 18.9. The Morgan fingerprint density at radius 1 is 1.27 bits per heavy atom. The van der Waals surface area contributed by atoms with Gasteiger partial charge in [-0.25, -0.2) is 4.79 Å². The lowest BCUT2D eigenvalue weighted by atomic mass is 9.97. The molecule has 0 unspecified atom stereocenters. The summed E-state index contributed by atoms with van der Waals surface area (Å²) in [4.78, 5) is 36.6. The van der Waals surface area contributed by atoms with Crippen LogP contribution in [0.25, 0.3) is 6.08 Å². The lowest BCUT2D eigenvalue weighted by Gasteiger charge is -2.30. The number of carbonyl (C=O) groups is 3. The van der Waals surface area contributed by atoms with E-state index in [1.54, 1.807) is 6.08 Å². The third-order valence-corrected chi connectivity index (χ3v) is 4.12. The van der Waals surface area contributed by atoms with Crippen LogP contribution in [0.15, 0.2) is 30.3 Å². The minimum Gasteiger partial charge on any atom is -0.494 e. The van der Waals surface area contributed by atoms with E-state index in [1.807, 2.05) is 31.2 Å². The summed E-state index contributed by atoms with van der Waals surface area (Å²) in [6, 6.07) is 7.25. The number of benzene rings is 1. The quantitative estimate of drug-likeness (QED) is 0.585. The predicted octanol–water partition coefficient (Wildman–Crippen LogP) is 1.37. The maximum Gasteiger partial charge on any atom is 0.331 e. The Kier molecular flexibility index (Phi) is 7.20. The first kappa shape index (κ1) is 19.5. The summed E-state index contributed by atoms with van der Waals surface area (Å²) in [5, 5.41) is 0. The first-order chi connectivity index (χ1) is 12.5. The highest BCUT2D eigenvalue weighted by Gasteiger charge is 2.27. The second kappa shape index (κ2) is 9.60. The van der Waals surface area contributed by atoms with Crippen LogP contribution in [0.4, 0.5) is 0 Å². The molecule has 1 heterocycles. The van der Waals surface area contributed by atoms with Crippen LogP contribution in [0.5, 0.6) is 5.75 Å². The second-order valence-electron chi connectivity index (χ2n) is 6.02. The topological polar surface area (TPSA) is 98.9 Å². The first-order valence-corrected chi connectivity index (χ1v) is 8.64. The summed E-state index contributed by atoms with van der Waals surface area (Å²) >= 11 is 0. The van der Waals surface area contributed by atoms with E-state index in [0.29, 0.717) is 26.0 Å². The smallest absolute Gasteiger partial charge is 0.331 e. The van der Waals surface area contributed by atoms with Gasteiger partial charge in [0.15, 0.2) is 6.61 Å². The molecule has 1 aliphatic heterocycles. The van der Waals surface area contributed by atoms with Crippen molar-refractivity contribution in [2.75, 3.05) is 26.3 Å². The number of esters is 1. The number of primary amides is 1. The third-order valence-electron chi connectivity index (χ3n) is 4.12. The van der Waals surface area contributed by atoms with Crippen LogP contribution in [0.2, 0.25) is 0 Å².